The van der Waals surface area contributed by atoms with Gasteiger partial charge in [0.1, 0.15) is 5.82 Å². The fraction of sp³-hybridized carbons (Fsp3) is 0.208. The van der Waals surface area contributed by atoms with Gasteiger partial charge in [-0.25, -0.2) is 9.19 Å². The molecule has 5 nitrogen and oxygen atoms in total. The summed E-state index contributed by atoms with van der Waals surface area (Å²) in [5.41, 5.74) is 4.93. The number of anilines is 1. The smallest absolute Gasteiger partial charge is 0.350 e. The van der Waals surface area contributed by atoms with Crippen LogP contribution in [0.2, 0.25) is 0 Å². The van der Waals surface area contributed by atoms with Crippen molar-refractivity contribution in [1.29, 1.82) is 0 Å². The third-order valence-corrected chi connectivity index (χ3v) is 7.52. The summed E-state index contributed by atoms with van der Waals surface area (Å²) in [6, 6.07) is 9.44. The van der Waals surface area contributed by atoms with Gasteiger partial charge < -0.3 is 9.88 Å². The fourth-order valence-electron chi connectivity index (χ4n) is 4.20. The largest absolute Gasteiger partial charge is 0.416 e. The summed E-state index contributed by atoms with van der Waals surface area (Å²) in [5, 5.41) is 5.87. The minimum absolute atomic E-state index is 0.542. The van der Waals surface area contributed by atoms with Crippen molar-refractivity contribution in [3.8, 4) is 11.1 Å². The van der Waals surface area contributed by atoms with Crippen molar-refractivity contribution in [2.75, 3.05) is 17.8 Å². The number of halogens is 3. The van der Waals surface area contributed by atoms with Gasteiger partial charge in [0.05, 0.1) is 16.0 Å². The summed E-state index contributed by atoms with van der Waals surface area (Å²) >= 11 is 1.41. The van der Waals surface area contributed by atoms with Crippen LogP contribution in [0, 0.1) is 0 Å². The van der Waals surface area contributed by atoms with Crippen molar-refractivity contribution in [3.05, 3.63) is 70.7 Å². The van der Waals surface area contributed by atoms with E-state index in [2.05, 4.69) is 15.0 Å². The third-order valence-electron chi connectivity index (χ3n) is 5.85. The number of hydrogen-bond donors (Lipinski definition) is 2. The first kappa shape index (κ1) is 22.8. The van der Waals surface area contributed by atoms with E-state index in [1.807, 2.05) is 36.0 Å². The summed E-state index contributed by atoms with van der Waals surface area (Å²) in [6.07, 6.45) is 0.116. The first-order chi connectivity index (χ1) is 16.3. The molecule has 1 atom stereocenters. The van der Waals surface area contributed by atoms with Gasteiger partial charge in [-0.3, -0.25) is 4.72 Å². The average molecular weight is 503 g/mol. The molecule has 1 unspecified atom stereocenters. The van der Waals surface area contributed by atoms with Gasteiger partial charge in [-0.2, -0.15) is 13.2 Å². The first-order valence-electron chi connectivity index (χ1n) is 10.6. The lowest BCUT2D eigenvalue weighted by Gasteiger charge is -2.19. The topological polar surface area (TPSA) is 59.0 Å². The number of benzene rings is 2. The molecule has 2 aromatic heterocycles. The Morgan fingerprint density at radius 3 is 2.71 bits per heavy atom. The summed E-state index contributed by atoms with van der Waals surface area (Å²) < 4.78 is 58.1. The lowest BCUT2D eigenvalue weighted by atomic mass is 9.90. The number of thiazole rings is 1. The number of rotatable bonds is 5. The monoisotopic (exact) mass is 502 g/mol. The first-order valence-corrected chi connectivity index (χ1v) is 12.7. The molecule has 3 heterocycles. The molecule has 0 radical (unpaired) electrons. The summed E-state index contributed by atoms with van der Waals surface area (Å²) in [7, 11) is 0.381. The predicted octanol–water partition coefficient (Wildman–Crippen LogP) is 5.83. The minimum Gasteiger partial charge on any atom is -0.350 e. The standard InChI is InChI=1S/C24H21F3N4OS2/c1-31-12-21(19-5-3-17(11-22(19)31)34(32)30-23-13-33-14-29-23)18-4-2-16(24(25,26)27)10-20(18)15-6-8-28-9-7-15/h2-6,10-14,28,30H,7-9H2,1H3. The van der Waals surface area contributed by atoms with Crippen molar-refractivity contribution in [2.24, 2.45) is 7.05 Å². The van der Waals surface area contributed by atoms with Gasteiger partial charge in [0.2, 0.25) is 0 Å². The van der Waals surface area contributed by atoms with Crippen LogP contribution in [0.5, 0.6) is 0 Å². The average Bonchev–Trinajstić information content (AvgIpc) is 3.46. The quantitative estimate of drug-likeness (QED) is 0.361. The molecular weight excluding hydrogens is 481 g/mol. The summed E-state index contributed by atoms with van der Waals surface area (Å²) in [4.78, 5) is 4.69. The Hall–Kier alpha value is -2.95. The molecule has 10 heteroatoms. The zero-order valence-electron chi connectivity index (χ0n) is 18.1. The van der Waals surface area contributed by atoms with Crippen molar-refractivity contribution in [1.82, 2.24) is 14.9 Å². The summed E-state index contributed by atoms with van der Waals surface area (Å²) in [5.74, 6) is 0.542. The molecule has 0 saturated heterocycles. The van der Waals surface area contributed by atoms with Gasteiger partial charge in [-0.15, -0.1) is 11.3 Å². The van der Waals surface area contributed by atoms with E-state index in [1.54, 1.807) is 23.0 Å². The Kier molecular flexibility index (Phi) is 6.05. The highest BCUT2D eigenvalue weighted by Gasteiger charge is 2.31. The minimum atomic E-state index is -4.41. The van der Waals surface area contributed by atoms with Crippen LogP contribution in [0.1, 0.15) is 17.5 Å². The highest BCUT2D eigenvalue weighted by molar-refractivity contribution is 7.86. The van der Waals surface area contributed by atoms with E-state index in [0.717, 1.165) is 40.2 Å². The van der Waals surface area contributed by atoms with Crippen LogP contribution in [0.3, 0.4) is 0 Å². The SMILES string of the molecule is Cn1cc(-c2ccc(C(F)(F)F)cc2C2=CCNCC2)c2ccc(S(=O)Nc3cscn3)cc21. The van der Waals surface area contributed by atoms with Crippen LogP contribution in [0.4, 0.5) is 19.0 Å². The molecule has 0 bridgehead atoms. The van der Waals surface area contributed by atoms with E-state index < -0.39 is 22.7 Å². The second-order valence-corrected chi connectivity index (χ2v) is 9.95. The van der Waals surface area contributed by atoms with Gasteiger partial charge in [-0.05, 0) is 53.9 Å². The van der Waals surface area contributed by atoms with Gasteiger partial charge in [0.15, 0.2) is 11.0 Å². The number of hydrogen-bond acceptors (Lipinski definition) is 4. The lowest BCUT2D eigenvalue weighted by Crippen LogP contribution is -2.20. The van der Waals surface area contributed by atoms with E-state index in [1.165, 1.54) is 17.4 Å². The van der Waals surface area contributed by atoms with Crippen molar-refractivity contribution < 1.29 is 17.4 Å². The van der Waals surface area contributed by atoms with Gasteiger partial charge in [-0.1, -0.05) is 18.2 Å². The maximum absolute atomic E-state index is 13.5. The molecule has 1 aliphatic rings. The van der Waals surface area contributed by atoms with Gasteiger partial charge in [0, 0.05) is 41.6 Å². The third kappa shape index (κ3) is 4.40. The van der Waals surface area contributed by atoms with E-state index in [-0.39, 0.29) is 0 Å². The number of nitrogens with zero attached hydrogens (tertiary/aromatic N) is 2. The van der Waals surface area contributed by atoms with Gasteiger partial charge >= 0.3 is 6.18 Å². The molecule has 1 aliphatic heterocycles. The predicted molar refractivity (Wildman–Crippen MR) is 131 cm³/mol. The number of aromatic nitrogens is 2. The highest BCUT2D eigenvalue weighted by Crippen LogP contribution is 2.40. The van der Waals surface area contributed by atoms with E-state index >= 15 is 0 Å². The molecule has 2 aromatic carbocycles. The van der Waals surface area contributed by atoms with E-state index in [0.29, 0.717) is 29.2 Å². The zero-order chi connectivity index (χ0) is 23.9. The Morgan fingerprint density at radius 2 is 2.00 bits per heavy atom. The molecule has 0 spiro atoms. The maximum Gasteiger partial charge on any atom is 0.416 e. The molecule has 176 valence electrons. The van der Waals surface area contributed by atoms with Crippen LogP contribution < -0.4 is 10.0 Å². The summed E-state index contributed by atoms with van der Waals surface area (Å²) in [6.45, 7) is 1.35. The Labute approximate surface area is 200 Å². The van der Waals surface area contributed by atoms with Crippen LogP contribution >= 0.6 is 11.3 Å². The highest BCUT2D eigenvalue weighted by atomic mass is 32.2. The number of alkyl halides is 3. The number of nitrogens with one attached hydrogen (secondary N) is 2. The van der Waals surface area contributed by atoms with E-state index in [9.17, 15) is 17.4 Å². The lowest BCUT2D eigenvalue weighted by molar-refractivity contribution is -0.137. The van der Waals surface area contributed by atoms with Crippen molar-refractivity contribution in [2.45, 2.75) is 17.5 Å². The molecule has 5 rings (SSSR count). The van der Waals surface area contributed by atoms with Crippen LogP contribution in [0.15, 0.2) is 64.5 Å². The van der Waals surface area contributed by atoms with Crippen molar-refractivity contribution in [3.63, 3.8) is 0 Å². The Morgan fingerprint density at radius 1 is 1.15 bits per heavy atom. The zero-order valence-corrected chi connectivity index (χ0v) is 19.8. The molecule has 0 saturated carbocycles. The number of aryl methyl sites for hydroxylation is 1. The van der Waals surface area contributed by atoms with Crippen LogP contribution in [0.25, 0.3) is 27.6 Å². The van der Waals surface area contributed by atoms with E-state index in [4.69, 9.17) is 0 Å². The molecule has 0 fully saturated rings. The van der Waals surface area contributed by atoms with Gasteiger partial charge in [0.25, 0.3) is 0 Å². The maximum atomic E-state index is 13.5. The molecule has 2 N–H and O–H groups in total. The second kappa shape index (κ2) is 9.01. The molecule has 34 heavy (non-hydrogen) atoms. The molecule has 0 aliphatic carbocycles. The van der Waals surface area contributed by atoms with Crippen LogP contribution in [-0.4, -0.2) is 26.8 Å². The second-order valence-electron chi connectivity index (χ2n) is 8.02. The normalized spacial score (nSPS) is 15.4. The molecular formula is C24H21F3N4OS2. The fourth-order valence-corrected chi connectivity index (χ4v) is 5.59. The Balaban J connectivity index is 1.60. The molecule has 0 amide bonds. The number of fused-ring (bicyclic) bond motifs is 1. The van der Waals surface area contributed by atoms with Crippen molar-refractivity contribution >= 4 is 44.6 Å². The Bertz CT molecular complexity index is 1410. The molecule has 4 aromatic rings. The van der Waals surface area contributed by atoms with Crippen LogP contribution in [-0.2, 0) is 24.2 Å².